The van der Waals surface area contributed by atoms with E-state index in [1.807, 2.05) is 12.1 Å². The van der Waals surface area contributed by atoms with Crippen LogP contribution in [0.25, 0.3) is 22.7 Å². The van der Waals surface area contributed by atoms with E-state index in [1.165, 1.54) is 16.1 Å². The fraction of sp³-hybridized carbons (Fsp3) is 0.303. The lowest BCUT2D eigenvalue weighted by molar-refractivity contribution is -0.880. The van der Waals surface area contributed by atoms with E-state index in [-0.39, 0.29) is 0 Å². The third-order valence-electron chi connectivity index (χ3n) is 8.32. The third-order valence-corrected chi connectivity index (χ3v) is 11.4. The number of piperidine rings is 1. The Labute approximate surface area is 253 Å². The molecule has 218 valence electrons. The monoisotopic (exact) mass is 602 g/mol. The topological polar surface area (TPSA) is 65.6 Å². The van der Waals surface area contributed by atoms with Crippen LogP contribution in [-0.2, 0) is 10.0 Å². The number of sulfonamides is 1. The van der Waals surface area contributed by atoms with Gasteiger partial charge in [0.1, 0.15) is 13.1 Å². The molecule has 42 heavy (non-hydrogen) atoms. The zero-order valence-corrected chi connectivity index (χ0v) is 26.2. The predicted molar refractivity (Wildman–Crippen MR) is 171 cm³/mol. The number of quaternary nitrogens is 2. The molecule has 2 aliphatic heterocycles. The van der Waals surface area contributed by atoms with E-state index in [0.717, 1.165) is 64.7 Å². The number of nitrogens with zero attached hydrogens (tertiary/aromatic N) is 3. The van der Waals surface area contributed by atoms with Crippen molar-refractivity contribution in [1.82, 2.24) is 4.31 Å². The lowest BCUT2D eigenvalue weighted by Crippen LogP contribution is -3.09. The first-order valence-electron chi connectivity index (χ1n) is 14.8. The maximum absolute atomic E-state index is 13.4. The number of anilines is 1. The molecule has 0 spiro atoms. The average molecular weight is 603 g/mol. The van der Waals surface area contributed by atoms with Crippen molar-refractivity contribution in [2.24, 2.45) is 0 Å². The van der Waals surface area contributed by atoms with E-state index in [0.29, 0.717) is 18.0 Å². The van der Waals surface area contributed by atoms with Crippen LogP contribution >= 0.6 is 11.8 Å². The van der Waals surface area contributed by atoms with Crippen molar-refractivity contribution in [3.8, 4) is 5.69 Å². The molecular weight excluding hydrogens is 563 g/mol. The van der Waals surface area contributed by atoms with Crippen molar-refractivity contribution in [2.45, 2.75) is 29.1 Å². The number of fused-ring (bicyclic) bond motifs is 2. The van der Waals surface area contributed by atoms with Gasteiger partial charge in [0, 0.05) is 48.8 Å². The van der Waals surface area contributed by atoms with Gasteiger partial charge in [-0.15, -0.1) is 4.57 Å². The van der Waals surface area contributed by atoms with E-state index in [2.05, 4.69) is 103 Å². The van der Waals surface area contributed by atoms with Crippen LogP contribution in [0.5, 0.6) is 0 Å². The molecule has 1 saturated heterocycles. The van der Waals surface area contributed by atoms with Crippen molar-refractivity contribution >= 4 is 50.3 Å². The number of aromatic nitrogens is 1. The van der Waals surface area contributed by atoms with Crippen molar-refractivity contribution in [3.05, 3.63) is 89.5 Å². The van der Waals surface area contributed by atoms with Crippen molar-refractivity contribution in [1.29, 1.82) is 0 Å². The average Bonchev–Trinajstić information content (AvgIpc) is 3.34. The number of nitrogens with one attached hydrogen (secondary N) is 1. The summed E-state index contributed by atoms with van der Waals surface area (Å²) in [5.41, 5.74) is 4.48. The Kier molecular flexibility index (Phi) is 8.38. The van der Waals surface area contributed by atoms with Crippen LogP contribution in [0.2, 0.25) is 0 Å². The van der Waals surface area contributed by atoms with Crippen molar-refractivity contribution in [2.75, 3.05) is 52.2 Å². The van der Waals surface area contributed by atoms with Gasteiger partial charge in [-0.3, -0.25) is 0 Å². The summed E-state index contributed by atoms with van der Waals surface area (Å²) in [6.45, 7) is 3.24. The molecule has 0 amide bonds. The van der Waals surface area contributed by atoms with Gasteiger partial charge in [-0.05, 0) is 43.2 Å². The summed E-state index contributed by atoms with van der Waals surface area (Å²) >= 11 is 1.64. The molecule has 0 bridgehead atoms. The van der Waals surface area contributed by atoms with E-state index >= 15 is 0 Å². The second-order valence-corrected chi connectivity index (χ2v) is 14.1. The van der Waals surface area contributed by atoms with Crippen LogP contribution < -0.4 is 19.7 Å². The zero-order valence-electron chi connectivity index (χ0n) is 24.6. The Morgan fingerprint density at radius 1 is 0.976 bits per heavy atom. The minimum Gasteiger partial charge on any atom is -0.344 e. The van der Waals surface area contributed by atoms with Gasteiger partial charge in [-0.2, -0.15) is 4.31 Å². The molecule has 3 heterocycles. The molecule has 1 aromatic heterocycles. The van der Waals surface area contributed by atoms with Crippen LogP contribution in [-0.4, -0.2) is 60.0 Å². The van der Waals surface area contributed by atoms with Gasteiger partial charge in [0.25, 0.3) is 0 Å². The second kappa shape index (κ2) is 12.2. The van der Waals surface area contributed by atoms with E-state index in [4.69, 9.17) is 0 Å². The SMILES string of the molecule is C[NH2+]CC[NH+](C)c1cc(/C=C2\Sc3cc(S(=O)(=O)N4CCCCC4)ccc3N2C)c2ccccc2[n+]1-c1ccccc1. The zero-order chi connectivity index (χ0) is 29.3. The minimum atomic E-state index is -3.49. The molecule has 6 rings (SSSR count). The quantitative estimate of drug-likeness (QED) is 0.304. The van der Waals surface area contributed by atoms with E-state index in [9.17, 15) is 8.42 Å². The Balaban J connectivity index is 1.42. The largest absolute Gasteiger partial charge is 0.374 e. The summed E-state index contributed by atoms with van der Waals surface area (Å²) < 4.78 is 30.8. The van der Waals surface area contributed by atoms with Gasteiger partial charge < -0.3 is 10.2 Å². The number of hydrogen-bond donors (Lipinski definition) is 2. The highest BCUT2D eigenvalue weighted by Crippen LogP contribution is 2.47. The highest BCUT2D eigenvalue weighted by molar-refractivity contribution is 8.04. The lowest BCUT2D eigenvalue weighted by Gasteiger charge is -2.26. The van der Waals surface area contributed by atoms with Gasteiger partial charge in [-0.25, -0.2) is 13.3 Å². The third kappa shape index (κ3) is 5.47. The molecule has 1 unspecified atom stereocenters. The highest BCUT2D eigenvalue weighted by Gasteiger charge is 2.31. The summed E-state index contributed by atoms with van der Waals surface area (Å²) in [6, 6.07) is 27.1. The highest BCUT2D eigenvalue weighted by atomic mass is 32.2. The van der Waals surface area contributed by atoms with Crippen LogP contribution in [0.4, 0.5) is 11.5 Å². The summed E-state index contributed by atoms with van der Waals surface area (Å²) in [5, 5.41) is 4.47. The van der Waals surface area contributed by atoms with Crippen molar-refractivity contribution < 1.29 is 23.2 Å². The number of benzene rings is 3. The molecule has 3 aromatic carbocycles. The molecule has 1 fully saturated rings. The van der Waals surface area contributed by atoms with Crippen LogP contribution in [0.15, 0.2) is 93.7 Å². The molecule has 2 aliphatic rings. The predicted octanol–water partition coefficient (Wildman–Crippen LogP) is 3.17. The number of hydrogen-bond acceptors (Lipinski definition) is 4. The van der Waals surface area contributed by atoms with Crippen LogP contribution in [0.3, 0.4) is 0 Å². The smallest absolute Gasteiger partial charge is 0.344 e. The molecule has 0 saturated carbocycles. The molecule has 4 aromatic rings. The molecule has 0 aliphatic carbocycles. The van der Waals surface area contributed by atoms with Gasteiger partial charge in [0.05, 0.1) is 41.2 Å². The number of rotatable bonds is 8. The number of likely N-dealkylation sites (N-methyl/N-ethyl adjacent to an activating group) is 2. The summed E-state index contributed by atoms with van der Waals surface area (Å²) in [4.78, 5) is 4.88. The Hall–Kier alpha value is -3.21. The normalized spacial score (nSPS) is 17.6. The van der Waals surface area contributed by atoms with Gasteiger partial charge >= 0.3 is 5.82 Å². The standard InChI is InChI=1S/C33H38N5O2S2/c1-34-18-21-35(2)32-22-25(28-14-8-9-15-29(28)38(32)26-12-6-4-7-13-26)23-33-36(3)30-17-16-27(24-31(30)41-33)42(39,40)37-19-10-5-11-20-37/h4,6-9,12-17,22-24,34H,5,10-11,18-21H2,1-3H3/q+1/p+2. The first-order valence-corrected chi connectivity index (χ1v) is 17.1. The summed E-state index contributed by atoms with van der Waals surface area (Å²) in [5.74, 6) is 1.20. The fourth-order valence-corrected chi connectivity index (χ4v) is 8.70. The summed E-state index contributed by atoms with van der Waals surface area (Å²) in [6.07, 6.45) is 5.21. The second-order valence-electron chi connectivity index (χ2n) is 11.1. The Morgan fingerprint density at radius 3 is 2.48 bits per heavy atom. The van der Waals surface area contributed by atoms with Gasteiger partial charge in [0.2, 0.25) is 21.2 Å². The van der Waals surface area contributed by atoms with Gasteiger partial charge in [-0.1, -0.05) is 48.5 Å². The fourth-order valence-electron chi connectivity index (χ4n) is 5.94. The maximum Gasteiger partial charge on any atom is 0.374 e. The number of nitrogens with two attached hydrogens (primary N) is 1. The first kappa shape index (κ1) is 28.9. The van der Waals surface area contributed by atoms with Crippen LogP contribution in [0.1, 0.15) is 24.8 Å². The van der Waals surface area contributed by atoms with Crippen LogP contribution in [0, 0.1) is 0 Å². The molecule has 0 radical (unpaired) electrons. The molecular formula is C33H40N5O2S2+3. The first-order chi connectivity index (χ1) is 20.4. The molecule has 7 nitrogen and oxygen atoms in total. The number of thioether (sulfide) groups is 1. The Morgan fingerprint density at radius 2 is 1.71 bits per heavy atom. The Bertz CT molecular complexity index is 1730. The molecule has 3 N–H and O–H groups in total. The minimum absolute atomic E-state index is 0.389. The lowest BCUT2D eigenvalue weighted by atomic mass is 10.1. The maximum atomic E-state index is 13.4. The summed E-state index contributed by atoms with van der Waals surface area (Å²) in [7, 11) is 2.93. The number of para-hydroxylation sites is 2. The van der Waals surface area contributed by atoms with E-state index in [1.54, 1.807) is 22.1 Å². The van der Waals surface area contributed by atoms with Crippen molar-refractivity contribution in [3.63, 3.8) is 0 Å². The molecule has 1 atom stereocenters. The number of pyridine rings is 1. The molecule has 9 heteroatoms. The van der Waals surface area contributed by atoms with E-state index < -0.39 is 10.0 Å². The van der Waals surface area contributed by atoms with Gasteiger partial charge in [0.15, 0.2) is 0 Å².